The molecule has 4 rings (SSSR count). The molecule has 3 aromatic rings. The maximum Gasteiger partial charge on any atom is 0.175 e. The Balaban J connectivity index is 1.70. The summed E-state index contributed by atoms with van der Waals surface area (Å²) in [5.74, 6) is 0.627. The minimum absolute atomic E-state index is 0.00529. The van der Waals surface area contributed by atoms with Gasteiger partial charge >= 0.3 is 0 Å². The highest BCUT2D eigenvalue weighted by Crippen LogP contribution is 2.27. The van der Waals surface area contributed by atoms with Crippen molar-refractivity contribution in [3.8, 4) is 0 Å². The van der Waals surface area contributed by atoms with Gasteiger partial charge in [-0.1, -0.05) is 30.3 Å². The van der Waals surface area contributed by atoms with Crippen molar-refractivity contribution >= 4 is 26.6 Å². The van der Waals surface area contributed by atoms with Gasteiger partial charge in [0.25, 0.3) is 0 Å². The molecule has 1 fully saturated rings. The number of sulfone groups is 1. The van der Waals surface area contributed by atoms with Crippen LogP contribution in [0.1, 0.15) is 11.6 Å². The molecule has 1 N–H and O–H groups in total. The van der Waals surface area contributed by atoms with E-state index in [-0.39, 0.29) is 10.9 Å². The third kappa shape index (κ3) is 4.72. The van der Waals surface area contributed by atoms with Crippen molar-refractivity contribution in [1.82, 2.24) is 14.9 Å². The Morgan fingerprint density at radius 2 is 1.86 bits per heavy atom. The Hall–Kier alpha value is -2.55. The van der Waals surface area contributed by atoms with Gasteiger partial charge in [-0.2, -0.15) is 0 Å². The van der Waals surface area contributed by atoms with Crippen LogP contribution in [0.25, 0.3) is 10.9 Å². The molecule has 1 aliphatic rings. The van der Waals surface area contributed by atoms with Crippen LogP contribution in [-0.4, -0.2) is 62.4 Å². The third-order valence-electron chi connectivity index (χ3n) is 5.09. The predicted molar refractivity (Wildman–Crippen MR) is 113 cm³/mol. The Bertz CT molecular complexity index is 1080. The van der Waals surface area contributed by atoms with Gasteiger partial charge in [0, 0.05) is 31.3 Å². The summed E-state index contributed by atoms with van der Waals surface area (Å²) < 4.78 is 29.5. The normalized spacial score (nSPS) is 16.6. The lowest BCUT2D eigenvalue weighted by atomic mass is 10.1. The van der Waals surface area contributed by atoms with Gasteiger partial charge in [0.2, 0.25) is 0 Å². The zero-order valence-corrected chi connectivity index (χ0v) is 17.1. The topological polar surface area (TPSA) is 84.4 Å². The van der Waals surface area contributed by atoms with Crippen molar-refractivity contribution in [2.24, 2.45) is 0 Å². The number of hydrogen-bond acceptors (Lipinski definition) is 7. The van der Waals surface area contributed by atoms with Gasteiger partial charge in [-0.15, -0.1) is 0 Å². The van der Waals surface area contributed by atoms with Gasteiger partial charge in [0.1, 0.15) is 12.1 Å². The van der Waals surface area contributed by atoms with Crippen LogP contribution in [0.2, 0.25) is 0 Å². The van der Waals surface area contributed by atoms with Gasteiger partial charge in [0.15, 0.2) is 9.84 Å². The summed E-state index contributed by atoms with van der Waals surface area (Å²) in [4.78, 5) is 11.3. The fraction of sp³-hybridized carbons (Fsp3) is 0.333. The van der Waals surface area contributed by atoms with Gasteiger partial charge < -0.3 is 10.1 Å². The van der Waals surface area contributed by atoms with E-state index in [0.717, 1.165) is 38.4 Å². The summed E-state index contributed by atoms with van der Waals surface area (Å²) in [6, 6.07) is 15.1. The molecule has 1 saturated heterocycles. The Morgan fingerprint density at radius 1 is 1.10 bits per heavy atom. The van der Waals surface area contributed by atoms with Crippen molar-refractivity contribution in [2.45, 2.75) is 10.9 Å². The molecule has 0 bridgehead atoms. The molecule has 7 nitrogen and oxygen atoms in total. The highest BCUT2D eigenvalue weighted by atomic mass is 32.2. The van der Waals surface area contributed by atoms with E-state index in [9.17, 15) is 8.42 Å². The molecule has 1 atom stereocenters. The smallest absolute Gasteiger partial charge is 0.175 e. The Labute approximate surface area is 170 Å². The van der Waals surface area contributed by atoms with E-state index in [0.29, 0.717) is 16.7 Å². The maximum atomic E-state index is 12.0. The van der Waals surface area contributed by atoms with E-state index < -0.39 is 9.84 Å². The van der Waals surface area contributed by atoms with Crippen LogP contribution in [0.5, 0.6) is 0 Å². The van der Waals surface area contributed by atoms with Crippen LogP contribution >= 0.6 is 0 Å². The molecule has 29 heavy (non-hydrogen) atoms. The van der Waals surface area contributed by atoms with E-state index in [1.807, 2.05) is 18.2 Å². The standard InChI is InChI=1S/C21H24N4O3S/c1-29(26,27)17-7-8-19-18(13-17)21(23-15-22-19)24-20(16-5-3-2-4-6-16)14-25-9-11-28-12-10-25/h2-8,13,15,20H,9-12,14H2,1H3,(H,22,23,24). The molecule has 152 valence electrons. The molecular formula is C21H24N4O3S. The first-order valence-electron chi connectivity index (χ1n) is 9.57. The monoisotopic (exact) mass is 412 g/mol. The lowest BCUT2D eigenvalue weighted by Gasteiger charge is -2.31. The number of anilines is 1. The lowest BCUT2D eigenvalue weighted by Crippen LogP contribution is -2.40. The first-order valence-corrected chi connectivity index (χ1v) is 11.5. The average Bonchev–Trinajstić information content (AvgIpc) is 2.74. The highest BCUT2D eigenvalue weighted by molar-refractivity contribution is 7.90. The molecule has 0 aliphatic carbocycles. The molecule has 8 heteroatoms. The van der Waals surface area contributed by atoms with Crippen molar-refractivity contribution < 1.29 is 13.2 Å². The van der Waals surface area contributed by atoms with Crippen LogP contribution in [-0.2, 0) is 14.6 Å². The van der Waals surface area contributed by atoms with Crippen molar-refractivity contribution in [1.29, 1.82) is 0 Å². The predicted octanol–water partition coefficient (Wildman–Crippen LogP) is 2.52. The summed E-state index contributed by atoms with van der Waals surface area (Å²) in [7, 11) is -3.32. The highest BCUT2D eigenvalue weighted by Gasteiger charge is 2.20. The maximum absolute atomic E-state index is 12.0. The minimum Gasteiger partial charge on any atom is -0.379 e. The van der Waals surface area contributed by atoms with Crippen LogP contribution in [0.3, 0.4) is 0 Å². The largest absolute Gasteiger partial charge is 0.379 e. The van der Waals surface area contributed by atoms with Crippen LogP contribution < -0.4 is 5.32 Å². The SMILES string of the molecule is CS(=O)(=O)c1ccc2ncnc(NC(CN3CCOCC3)c3ccccc3)c2c1. The number of aromatic nitrogens is 2. The van der Waals surface area contributed by atoms with E-state index in [1.54, 1.807) is 18.2 Å². The van der Waals surface area contributed by atoms with E-state index >= 15 is 0 Å². The Morgan fingerprint density at radius 3 is 2.59 bits per heavy atom. The van der Waals surface area contributed by atoms with Crippen molar-refractivity contribution in [3.05, 3.63) is 60.4 Å². The Kier molecular flexibility index (Phi) is 5.75. The molecule has 1 aromatic heterocycles. The van der Waals surface area contributed by atoms with Crippen molar-refractivity contribution in [3.63, 3.8) is 0 Å². The quantitative estimate of drug-likeness (QED) is 0.666. The van der Waals surface area contributed by atoms with Gasteiger partial charge in [-0.05, 0) is 23.8 Å². The van der Waals surface area contributed by atoms with Crippen LogP contribution in [0.15, 0.2) is 59.8 Å². The molecule has 0 radical (unpaired) electrons. The van der Waals surface area contributed by atoms with Gasteiger partial charge in [-0.3, -0.25) is 4.90 Å². The summed E-state index contributed by atoms with van der Waals surface area (Å²) >= 11 is 0. The average molecular weight is 413 g/mol. The number of fused-ring (bicyclic) bond motifs is 1. The van der Waals surface area contributed by atoms with Crippen LogP contribution in [0.4, 0.5) is 5.82 Å². The molecule has 2 heterocycles. The first-order chi connectivity index (χ1) is 14.0. The number of hydrogen-bond donors (Lipinski definition) is 1. The molecule has 1 aliphatic heterocycles. The molecule has 0 saturated carbocycles. The summed E-state index contributed by atoms with van der Waals surface area (Å²) in [6.45, 7) is 4.03. The second kappa shape index (κ2) is 8.44. The third-order valence-corrected chi connectivity index (χ3v) is 6.20. The number of nitrogens with one attached hydrogen (secondary N) is 1. The molecule has 2 aromatic carbocycles. The zero-order chi connectivity index (χ0) is 20.3. The van der Waals surface area contributed by atoms with E-state index in [2.05, 4.69) is 32.3 Å². The number of morpholine rings is 1. The second-order valence-corrected chi connectivity index (χ2v) is 9.21. The zero-order valence-electron chi connectivity index (χ0n) is 16.3. The molecule has 0 amide bonds. The molecule has 0 spiro atoms. The van der Waals surface area contributed by atoms with E-state index in [4.69, 9.17) is 4.74 Å². The number of benzene rings is 2. The minimum atomic E-state index is -3.32. The first kappa shape index (κ1) is 19.8. The fourth-order valence-corrected chi connectivity index (χ4v) is 4.16. The van der Waals surface area contributed by atoms with Crippen LogP contribution in [0, 0.1) is 0 Å². The fourth-order valence-electron chi connectivity index (χ4n) is 3.51. The lowest BCUT2D eigenvalue weighted by molar-refractivity contribution is 0.0361. The summed E-state index contributed by atoms with van der Waals surface area (Å²) in [6.07, 6.45) is 2.71. The number of ether oxygens (including phenoxy) is 1. The van der Waals surface area contributed by atoms with Gasteiger partial charge in [-0.25, -0.2) is 18.4 Å². The molecular weight excluding hydrogens is 388 g/mol. The number of rotatable bonds is 6. The second-order valence-electron chi connectivity index (χ2n) is 7.19. The summed E-state index contributed by atoms with van der Waals surface area (Å²) in [5.41, 5.74) is 1.85. The van der Waals surface area contributed by atoms with Gasteiger partial charge in [0.05, 0.1) is 29.7 Å². The van der Waals surface area contributed by atoms with Crippen molar-refractivity contribution in [2.75, 3.05) is 44.4 Å². The summed E-state index contributed by atoms with van der Waals surface area (Å²) in [5, 5.41) is 4.23. The molecule has 1 unspecified atom stereocenters. The van der Waals surface area contributed by atoms with E-state index in [1.165, 1.54) is 12.6 Å². The number of nitrogens with zero attached hydrogens (tertiary/aromatic N) is 3.